The summed E-state index contributed by atoms with van der Waals surface area (Å²) in [6.07, 6.45) is 0.519. The second kappa shape index (κ2) is 4.77. The van der Waals surface area contributed by atoms with Gasteiger partial charge in [0.2, 0.25) is 0 Å². The fraction of sp³-hybridized carbons (Fsp3) is 1.00. The monoisotopic (exact) mass is 176 g/mol. The summed E-state index contributed by atoms with van der Waals surface area (Å²) in [6, 6.07) is 0. The lowest BCUT2D eigenvalue weighted by Gasteiger charge is -2.35. The van der Waals surface area contributed by atoms with Gasteiger partial charge in [-0.25, -0.2) is 0 Å². The zero-order valence-electron chi connectivity index (χ0n) is 7.78. The van der Waals surface area contributed by atoms with E-state index in [9.17, 15) is 0 Å². The summed E-state index contributed by atoms with van der Waals surface area (Å²) >= 11 is 0. The maximum absolute atomic E-state index is 5.34. The van der Waals surface area contributed by atoms with Crippen molar-refractivity contribution >= 4 is 0 Å². The Bertz CT molecular complexity index is 116. The molecule has 72 valence electrons. The molecule has 1 rings (SSSR count). The first-order chi connectivity index (χ1) is 5.83. The van der Waals surface area contributed by atoms with Crippen molar-refractivity contribution in [3.63, 3.8) is 0 Å². The van der Waals surface area contributed by atoms with Gasteiger partial charge in [-0.2, -0.15) is 0 Å². The Morgan fingerprint density at radius 3 is 2.33 bits per heavy atom. The molecule has 12 heavy (non-hydrogen) atoms. The molecule has 0 spiro atoms. The molecule has 1 saturated heterocycles. The Morgan fingerprint density at radius 1 is 1.08 bits per heavy atom. The first kappa shape index (κ1) is 9.92. The van der Waals surface area contributed by atoms with E-state index in [0.29, 0.717) is 6.61 Å². The van der Waals surface area contributed by atoms with E-state index in [-0.39, 0.29) is 18.5 Å². The van der Waals surface area contributed by atoms with Gasteiger partial charge in [0.1, 0.15) is 6.10 Å². The molecule has 4 heteroatoms. The minimum absolute atomic E-state index is 0.0775. The van der Waals surface area contributed by atoms with Crippen molar-refractivity contribution in [3.05, 3.63) is 0 Å². The standard InChI is InChI=1S/C8H16O4/c1-9-6-4-5-12-8(11-3)7(6)10-2/h6-8H,4-5H2,1-3H3. The van der Waals surface area contributed by atoms with Crippen molar-refractivity contribution in [2.24, 2.45) is 0 Å². The molecule has 1 heterocycles. The van der Waals surface area contributed by atoms with Gasteiger partial charge < -0.3 is 18.9 Å². The zero-order chi connectivity index (χ0) is 8.97. The molecule has 3 atom stereocenters. The maximum Gasteiger partial charge on any atom is 0.185 e. The third-order valence-electron chi connectivity index (χ3n) is 2.13. The van der Waals surface area contributed by atoms with E-state index >= 15 is 0 Å². The number of hydrogen-bond donors (Lipinski definition) is 0. The lowest BCUT2D eigenvalue weighted by molar-refractivity contribution is -0.244. The van der Waals surface area contributed by atoms with Crippen LogP contribution in [0.15, 0.2) is 0 Å². The van der Waals surface area contributed by atoms with Crippen LogP contribution in [0, 0.1) is 0 Å². The number of hydrogen-bond acceptors (Lipinski definition) is 4. The van der Waals surface area contributed by atoms with Crippen molar-refractivity contribution in [1.82, 2.24) is 0 Å². The quantitative estimate of drug-likeness (QED) is 0.624. The summed E-state index contributed by atoms with van der Waals surface area (Å²) < 4.78 is 20.9. The van der Waals surface area contributed by atoms with Gasteiger partial charge in [-0.1, -0.05) is 0 Å². The highest BCUT2D eigenvalue weighted by Gasteiger charge is 2.34. The van der Waals surface area contributed by atoms with Crippen LogP contribution in [0.1, 0.15) is 6.42 Å². The van der Waals surface area contributed by atoms with Crippen molar-refractivity contribution in [1.29, 1.82) is 0 Å². The Labute approximate surface area is 72.7 Å². The lowest BCUT2D eigenvalue weighted by atomic mass is 10.1. The Kier molecular flexibility index (Phi) is 3.94. The molecule has 4 nitrogen and oxygen atoms in total. The van der Waals surface area contributed by atoms with Gasteiger partial charge in [-0.05, 0) is 6.42 Å². The molecule has 0 saturated carbocycles. The van der Waals surface area contributed by atoms with Crippen LogP contribution in [0.3, 0.4) is 0 Å². The molecule has 0 amide bonds. The fourth-order valence-electron chi connectivity index (χ4n) is 1.45. The summed E-state index contributed by atoms with van der Waals surface area (Å²) in [6.45, 7) is 0.664. The highest BCUT2D eigenvalue weighted by Crippen LogP contribution is 2.19. The molecule has 0 bridgehead atoms. The average Bonchev–Trinajstić information content (AvgIpc) is 2.16. The van der Waals surface area contributed by atoms with Gasteiger partial charge in [-0.3, -0.25) is 0 Å². The third-order valence-corrected chi connectivity index (χ3v) is 2.13. The molecular formula is C8H16O4. The summed E-state index contributed by atoms with van der Waals surface area (Å²) in [7, 11) is 4.92. The van der Waals surface area contributed by atoms with Gasteiger partial charge >= 0.3 is 0 Å². The average molecular weight is 176 g/mol. The van der Waals surface area contributed by atoms with Gasteiger partial charge in [0.25, 0.3) is 0 Å². The highest BCUT2D eigenvalue weighted by atomic mass is 16.7. The molecule has 0 N–H and O–H groups in total. The minimum atomic E-state index is -0.298. The molecule has 1 aliphatic heterocycles. The molecular weight excluding hydrogens is 160 g/mol. The second-order valence-electron chi connectivity index (χ2n) is 2.74. The zero-order valence-corrected chi connectivity index (χ0v) is 7.78. The summed E-state index contributed by atoms with van der Waals surface area (Å²) in [4.78, 5) is 0. The Morgan fingerprint density at radius 2 is 1.83 bits per heavy atom. The van der Waals surface area contributed by atoms with Crippen LogP contribution in [0.4, 0.5) is 0 Å². The third kappa shape index (κ3) is 1.95. The van der Waals surface area contributed by atoms with Gasteiger partial charge in [0.05, 0.1) is 12.7 Å². The van der Waals surface area contributed by atoms with Crippen LogP contribution in [0.5, 0.6) is 0 Å². The van der Waals surface area contributed by atoms with Crippen molar-refractivity contribution in [2.45, 2.75) is 24.9 Å². The predicted octanol–water partition coefficient (Wildman–Crippen LogP) is 0.409. The molecule has 0 radical (unpaired) electrons. The predicted molar refractivity (Wildman–Crippen MR) is 43.0 cm³/mol. The summed E-state index contributed by atoms with van der Waals surface area (Å²) in [5, 5.41) is 0. The normalized spacial score (nSPS) is 36.8. The number of rotatable bonds is 3. The first-order valence-electron chi connectivity index (χ1n) is 4.03. The second-order valence-corrected chi connectivity index (χ2v) is 2.74. The molecule has 1 aliphatic rings. The van der Waals surface area contributed by atoms with E-state index in [2.05, 4.69) is 0 Å². The van der Waals surface area contributed by atoms with E-state index < -0.39 is 0 Å². The van der Waals surface area contributed by atoms with Gasteiger partial charge in [-0.15, -0.1) is 0 Å². The summed E-state index contributed by atoms with van der Waals surface area (Å²) in [5.41, 5.74) is 0. The van der Waals surface area contributed by atoms with Crippen molar-refractivity contribution in [3.8, 4) is 0 Å². The minimum Gasteiger partial charge on any atom is -0.378 e. The van der Waals surface area contributed by atoms with Crippen LogP contribution >= 0.6 is 0 Å². The molecule has 0 aromatic heterocycles. The molecule has 0 aromatic carbocycles. The SMILES string of the molecule is COC1CCOC(OC)C1OC. The van der Waals surface area contributed by atoms with Crippen LogP contribution in [0.2, 0.25) is 0 Å². The Balaban J connectivity index is 2.52. The largest absolute Gasteiger partial charge is 0.378 e. The topological polar surface area (TPSA) is 36.9 Å². The summed E-state index contributed by atoms with van der Waals surface area (Å²) in [5.74, 6) is 0. The number of ether oxygens (including phenoxy) is 4. The van der Waals surface area contributed by atoms with Gasteiger partial charge in [0.15, 0.2) is 6.29 Å². The first-order valence-corrected chi connectivity index (χ1v) is 4.03. The number of methoxy groups -OCH3 is 3. The molecule has 1 fully saturated rings. The molecule has 3 unspecified atom stereocenters. The van der Waals surface area contributed by atoms with E-state index in [4.69, 9.17) is 18.9 Å². The van der Waals surface area contributed by atoms with Crippen LogP contribution in [-0.2, 0) is 18.9 Å². The highest BCUT2D eigenvalue weighted by molar-refractivity contribution is 4.77. The smallest absolute Gasteiger partial charge is 0.185 e. The molecule has 0 aliphatic carbocycles. The van der Waals surface area contributed by atoms with E-state index in [1.54, 1.807) is 21.3 Å². The van der Waals surface area contributed by atoms with Crippen molar-refractivity contribution in [2.75, 3.05) is 27.9 Å². The van der Waals surface area contributed by atoms with Gasteiger partial charge in [0, 0.05) is 21.3 Å². The maximum atomic E-state index is 5.34. The van der Waals surface area contributed by atoms with Crippen molar-refractivity contribution < 1.29 is 18.9 Å². The fourth-order valence-corrected chi connectivity index (χ4v) is 1.45. The van der Waals surface area contributed by atoms with Crippen LogP contribution in [0.25, 0.3) is 0 Å². The lowest BCUT2D eigenvalue weighted by Crippen LogP contribution is -2.47. The Hall–Kier alpha value is -0.160. The van der Waals surface area contributed by atoms with Crippen LogP contribution < -0.4 is 0 Å². The van der Waals surface area contributed by atoms with E-state index in [1.165, 1.54) is 0 Å². The van der Waals surface area contributed by atoms with Crippen LogP contribution in [-0.4, -0.2) is 46.4 Å². The van der Waals surface area contributed by atoms with E-state index in [1.807, 2.05) is 0 Å². The molecule has 0 aromatic rings. The van der Waals surface area contributed by atoms with E-state index in [0.717, 1.165) is 6.42 Å².